The minimum Gasteiger partial charge on any atom is -0.477 e. The second kappa shape index (κ2) is 10.3. The van der Waals surface area contributed by atoms with Crippen molar-refractivity contribution in [1.29, 1.82) is 0 Å². The number of carboxylic acids is 1. The number of fused-ring (bicyclic) bond motifs is 1. The average molecular weight is 557 g/mol. The van der Waals surface area contributed by atoms with Crippen LogP contribution in [0.5, 0.6) is 0 Å². The van der Waals surface area contributed by atoms with Gasteiger partial charge in [-0.25, -0.2) is 4.79 Å². The van der Waals surface area contributed by atoms with E-state index in [9.17, 15) is 9.90 Å². The number of anilines is 1. The van der Waals surface area contributed by atoms with Crippen LogP contribution in [0.3, 0.4) is 0 Å². The molecule has 0 bridgehead atoms. The van der Waals surface area contributed by atoms with E-state index in [1.54, 1.807) is 6.07 Å². The molecule has 192 valence electrons. The monoisotopic (exact) mass is 556 g/mol. The van der Waals surface area contributed by atoms with Gasteiger partial charge in [-0.05, 0) is 73.9 Å². The first-order chi connectivity index (χ1) is 18.0. The van der Waals surface area contributed by atoms with Crippen LogP contribution in [0.15, 0.2) is 47.0 Å². The quantitative estimate of drug-likeness (QED) is 0.248. The molecule has 37 heavy (non-hydrogen) atoms. The number of carbonyl (C=O) groups is 1. The van der Waals surface area contributed by atoms with E-state index in [2.05, 4.69) is 22.2 Å². The van der Waals surface area contributed by atoms with Gasteiger partial charge in [0.05, 0.1) is 22.8 Å². The minimum absolute atomic E-state index is 0.116. The molecule has 0 amide bonds. The summed E-state index contributed by atoms with van der Waals surface area (Å²) in [5.74, 6) is 0.403. The fourth-order valence-electron chi connectivity index (χ4n) is 5.07. The molecule has 9 heteroatoms. The Morgan fingerprint density at radius 2 is 1.92 bits per heavy atom. The van der Waals surface area contributed by atoms with Crippen LogP contribution in [-0.4, -0.2) is 35.4 Å². The number of ether oxygens (including phenoxy) is 1. The smallest absolute Gasteiger partial charge is 0.345 e. The molecule has 2 aromatic carbocycles. The average Bonchev–Trinajstić information content (AvgIpc) is 3.57. The summed E-state index contributed by atoms with van der Waals surface area (Å²) in [6.07, 6.45) is 5.18. The van der Waals surface area contributed by atoms with E-state index in [0.29, 0.717) is 38.7 Å². The maximum absolute atomic E-state index is 11.3. The van der Waals surface area contributed by atoms with E-state index < -0.39 is 5.97 Å². The minimum atomic E-state index is -0.879. The normalized spacial score (nSPS) is 18.3. The Balaban J connectivity index is 1.16. The Bertz CT molecular complexity index is 1440. The number of thiophene rings is 1. The number of benzene rings is 2. The Labute approximate surface area is 228 Å². The van der Waals surface area contributed by atoms with Crippen molar-refractivity contribution in [3.05, 3.63) is 68.7 Å². The van der Waals surface area contributed by atoms with Crippen molar-refractivity contribution in [1.82, 2.24) is 5.16 Å². The number of carboxylic acid groups (broad SMARTS) is 1. The zero-order chi connectivity index (χ0) is 25.5. The molecule has 4 aromatic rings. The molecule has 1 saturated heterocycles. The van der Waals surface area contributed by atoms with E-state index in [0.717, 1.165) is 72.3 Å². The summed E-state index contributed by atoms with van der Waals surface area (Å²) < 4.78 is 13.3. The number of hydrogen-bond donors (Lipinski definition) is 1. The fraction of sp³-hybridized carbons (Fsp3) is 0.357. The summed E-state index contributed by atoms with van der Waals surface area (Å²) >= 11 is 14.3. The molecule has 6 rings (SSSR count). The molecule has 2 fully saturated rings. The molecule has 0 radical (unpaired) electrons. The second-order valence-corrected chi connectivity index (χ2v) is 11.6. The van der Waals surface area contributed by atoms with Crippen molar-refractivity contribution in [2.24, 2.45) is 0 Å². The van der Waals surface area contributed by atoms with Crippen molar-refractivity contribution in [2.75, 3.05) is 18.0 Å². The summed E-state index contributed by atoms with van der Waals surface area (Å²) in [6, 6.07) is 13.4. The van der Waals surface area contributed by atoms with Gasteiger partial charge in [0.25, 0.3) is 0 Å². The lowest BCUT2D eigenvalue weighted by atomic mass is 10.0. The van der Waals surface area contributed by atoms with Crippen molar-refractivity contribution in [3.8, 4) is 11.3 Å². The van der Waals surface area contributed by atoms with Gasteiger partial charge >= 0.3 is 5.97 Å². The molecule has 1 atom stereocenters. The van der Waals surface area contributed by atoms with Crippen molar-refractivity contribution < 1.29 is 19.2 Å². The lowest BCUT2D eigenvalue weighted by Gasteiger charge is -2.23. The Hall–Kier alpha value is -2.58. The van der Waals surface area contributed by atoms with Gasteiger partial charge in [-0.1, -0.05) is 34.4 Å². The van der Waals surface area contributed by atoms with Crippen LogP contribution in [0.4, 0.5) is 5.69 Å². The highest BCUT2D eigenvalue weighted by atomic mass is 35.5. The van der Waals surface area contributed by atoms with Gasteiger partial charge in [-0.3, -0.25) is 0 Å². The van der Waals surface area contributed by atoms with Crippen LogP contribution in [0, 0.1) is 0 Å². The summed E-state index contributed by atoms with van der Waals surface area (Å²) in [6.45, 7) is 2.21. The van der Waals surface area contributed by atoms with Gasteiger partial charge in [0.15, 0.2) is 0 Å². The first-order valence-corrected chi connectivity index (χ1v) is 14.1. The van der Waals surface area contributed by atoms with Crippen LogP contribution >= 0.6 is 34.5 Å². The molecule has 1 saturated carbocycles. The molecule has 1 aliphatic heterocycles. The molecule has 2 aliphatic rings. The van der Waals surface area contributed by atoms with Crippen LogP contribution in [0.1, 0.15) is 59.0 Å². The highest BCUT2D eigenvalue weighted by Gasteiger charge is 2.34. The summed E-state index contributed by atoms with van der Waals surface area (Å²) in [5.41, 5.74) is 3.45. The number of aromatic carboxylic acids is 1. The standard InChI is InChI=1S/C28H26Cl2N2O4S/c29-21-4-1-5-22(30)25(21)26-20(27(36-31-26)16-6-7-16)15-35-19-3-2-11-32(12-10-19)18-8-9-23-17(13-18)14-24(37-23)28(33)34/h1,4-5,8-9,13-14,16,19H,2-3,6-7,10-12,15H2,(H,33,34). The first-order valence-electron chi connectivity index (χ1n) is 12.5. The zero-order valence-corrected chi connectivity index (χ0v) is 22.4. The van der Waals surface area contributed by atoms with Crippen LogP contribution in [0.2, 0.25) is 10.0 Å². The van der Waals surface area contributed by atoms with E-state index in [4.69, 9.17) is 32.5 Å². The van der Waals surface area contributed by atoms with Crippen molar-refractivity contribution in [2.45, 2.75) is 50.7 Å². The molecule has 2 aromatic heterocycles. The van der Waals surface area contributed by atoms with Gasteiger partial charge in [0, 0.05) is 40.5 Å². The molecule has 6 nitrogen and oxygen atoms in total. The molecule has 1 aliphatic carbocycles. The zero-order valence-electron chi connectivity index (χ0n) is 20.1. The number of aromatic nitrogens is 1. The number of nitrogens with zero attached hydrogens (tertiary/aromatic N) is 2. The van der Waals surface area contributed by atoms with Gasteiger partial charge in [-0.2, -0.15) is 0 Å². The number of rotatable bonds is 7. The third-order valence-electron chi connectivity index (χ3n) is 7.18. The van der Waals surface area contributed by atoms with Gasteiger partial charge < -0.3 is 19.3 Å². The third-order valence-corrected chi connectivity index (χ3v) is 8.91. The molecule has 0 spiro atoms. The third kappa shape index (κ3) is 5.10. The van der Waals surface area contributed by atoms with E-state index in [-0.39, 0.29) is 6.10 Å². The van der Waals surface area contributed by atoms with Crippen LogP contribution in [-0.2, 0) is 11.3 Å². The van der Waals surface area contributed by atoms with E-state index >= 15 is 0 Å². The highest BCUT2D eigenvalue weighted by Crippen LogP contribution is 2.46. The Morgan fingerprint density at radius 3 is 2.68 bits per heavy atom. The SMILES string of the molecule is O=C(O)c1cc2cc(N3CCCC(OCc4c(-c5c(Cl)cccc5Cl)noc4C4CC4)CC3)ccc2s1. The molecule has 1 unspecified atom stereocenters. The summed E-state index contributed by atoms with van der Waals surface area (Å²) in [4.78, 5) is 14.1. The van der Waals surface area contributed by atoms with Crippen molar-refractivity contribution >= 4 is 56.3 Å². The maximum Gasteiger partial charge on any atom is 0.345 e. The highest BCUT2D eigenvalue weighted by molar-refractivity contribution is 7.20. The lowest BCUT2D eigenvalue weighted by Crippen LogP contribution is -2.24. The predicted octanol–water partition coefficient (Wildman–Crippen LogP) is 8.01. The lowest BCUT2D eigenvalue weighted by molar-refractivity contribution is 0.0328. The Kier molecular flexibility index (Phi) is 6.88. The number of halogens is 2. The van der Waals surface area contributed by atoms with E-state index in [1.165, 1.54) is 11.3 Å². The Morgan fingerprint density at radius 1 is 1.11 bits per heavy atom. The maximum atomic E-state index is 11.3. The van der Waals surface area contributed by atoms with Gasteiger partial charge in [-0.15, -0.1) is 11.3 Å². The van der Waals surface area contributed by atoms with Gasteiger partial charge in [0.2, 0.25) is 0 Å². The number of hydrogen-bond acceptors (Lipinski definition) is 6. The summed E-state index contributed by atoms with van der Waals surface area (Å²) in [7, 11) is 0. The van der Waals surface area contributed by atoms with Gasteiger partial charge in [0.1, 0.15) is 16.3 Å². The molecule has 1 N–H and O–H groups in total. The van der Waals surface area contributed by atoms with Crippen LogP contribution < -0.4 is 4.90 Å². The van der Waals surface area contributed by atoms with Crippen molar-refractivity contribution in [3.63, 3.8) is 0 Å². The fourth-order valence-corrected chi connectivity index (χ4v) is 6.53. The topological polar surface area (TPSA) is 75.8 Å². The first kappa shape index (κ1) is 24.7. The second-order valence-electron chi connectivity index (χ2n) is 9.73. The summed E-state index contributed by atoms with van der Waals surface area (Å²) in [5, 5.41) is 15.8. The molecular weight excluding hydrogens is 531 g/mol. The van der Waals surface area contributed by atoms with Crippen LogP contribution in [0.25, 0.3) is 21.3 Å². The molecular formula is C28H26Cl2N2O4S. The largest absolute Gasteiger partial charge is 0.477 e. The molecule has 3 heterocycles. The van der Waals surface area contributed by atoms with E-state index in [1.807, 2.05) is 24.3 Å². The predicted molar refractivity (Wildman–Crippen MR) is 147 cm³/mol.